The van der Waals surface area contributed by atoms with E-state index < -0.39 is 59.7 Å². The Kier molecular flexibility index (Phi) is 27.0. The van der Waals surface area contributed by atoms with Crippen LogP contribution in [0.15, 0.2) is 0 Å². The summed E-state index contributed by atoms with van der Waals surface area (Å²) in [4.78, 5) is 81.1. The zero-order chi connectivity index (χ0) is 36.9. The molecule has 0 heterocycles. The highest BCUT2D eigenvalue weighted by Gasteiger charge is 2.24. The molecule has 9 N–H and O–H groups in total. The third-order valence-electron chi connectivity index (χ3n) is 8.21. The number of carboxylic acids is 4. The van der Waals surface area contributed by atoms with Gasteiger partial charge in [0.05, 0.1) is 0 Å². The molecule has 15 heteroatoms. The maximum absolute atomic E-state index is 12.4. The summed E-state index contributed by atoms with van der Waals surface area (Å²) in [6, 6.07) is -3.62. The van der Waals surface area contributed by atoms with Gasteiger partial charge < -0.3 is 42.1 Å². The highest BCUT2D eigenvalue weighted by molar-refractivity contribution is 5.86. The number of unbranched alkanes of at least 4 members (excludes halogenated alkanes) is 14. The van der Waals surface area contributed by atoms with E-state index in [9.17, 15) is 43.8 Å². The predicted molar refractivity (Wildman–Crippen MR) is 182 cm³/mol. The SMILES string of the molecule is N[C@@H](CCCCNC(=O)CC[C@H](NC(=O)CC[C@H](NC(=O)CCCCCCCCCCCCCCCCC(=O)O)C(=O)O)C(=O)O)C(=O)O. The van der Waals surface area contributed by atoms with E-state index in [2.05, 4.69) is 16.0 Å². The van der Waals surface area contributed by atoms with Crippen molar-refractivity contribution in [3.05, 3.63) is 0 Å². The van der Waals surface area contributed by atoms with E-state index >= 15 is 0 Å². The van der Waals surface area contributed by atoms with Gasteiger partial charge in [0.2, 0.25) is 17.7 Å². The van der Waals surface area contributed by atoms with E-state index in [-0.39, 0.29) is 51.5 Å². The summed E-state index contributed by atoms with van der Waals surface area (Å²) in [5.41, 5.74) is 5.41. The third kappa shape index (κ3) is 27.9. The topological polar surface area (TPSA) is 263 Å². The molecule has 0 aromatic heterocycles. The maximum Gasteiger partial charge on any atom is 0.326 e. The monoisotopic (exact) mass is 700 g/mol. The van der Waals surface area contributed by atoms with Crippen molar-refractivity contribution in [2.75, 3.05) is 6.54 Å². The maximum atomic E-state index is 12.4. The van der Waals surface area contributed by atoms with Crippen molar-refractivity contribution in [3.63, 3.8) is 0 Å². The molecule has 0 fully saturated rings. The Balaban J connectivity index is 4.07. The van der Waals surface area contributed by atoms with E-state index in [0.29, 0.717) is 19.3 Å². The lowest BCUT2D eigenvalue weighted by Crippen LogP contribution is -2.44. The van der Waals surface area contributed by atoms with Crippen LogP contribution < -0.4 is 21.7 Å². The van der Waals surface area contributed by atoms with Crippen LogP contribution >= 0.6 is 0 Å². The number of hydrogen-bond acceptors (Lipinski definition) is 8. The van der Waals surface area contributed by atoms with Crippen LogP contribution in [-0.2, 0) is 33.6 Å². The van der Waals surface area contributed by atoms with Gasteiger partial charge in [-0.25, -0.2) is 9.59 Å². The van der Waals surface area contributed by atoms with Crippen LogP contribution in [0.3, 0.4) is 0 Å². The highest BCUT2D eigenvalue weighted by atomic mass is 16.4. The number of amides is 3. The Morgan fingerprint density at radius 2 is 0.816 bits per heavy atom. The largest absolute Gasteiger partial charge is 0.481 e. The number of carboxylic acid groups (broad SMARTS) is 4. The predicted octanol–water partition coefficient (Wildman–Crippen LogP) is 3.71. The quantitative estimate of drug-likeness (QED) is 0.0456. The van der Waals surface area contributed by atoms with Gasteiger partial charge in [-0.2, -0.15) is 0 Å². The van der Waals surface area contributed by atoms with E-state index in [1.54, 1.807) is 0 Å². The molecule has 49 heavy (non-hydrogen) atoms. The number of nitrogens with two attached hydrogens (primary N) is 1. The first-order valence-corrected chi connectivity index (χ1v) is 17.8. The molecule has 0 aliphatic heterocycles. The standard InChI is InChI=1S/C34H60N4O11/c35-25(32(44)45)17-15-16-24-36-28(39)22-20-26(33(46)47)38-30(41)23-21-27(34(48)49)37-29(40)18-13-11-9-7-5-3-1-2-4-6-8-10-12-14-19-31(42)43/h25-27H,1-24,35H2,(H,36,39)(H,37,40)(H,38,41)(H,42,43)(H,44,45)(H,46,47)(H,48,49)/t25-,26-,27-/m0/s1. The fraction of sp³-hybridized carbons (Fsp3) is 0.794. The molecule has 0 saturated heterocycles. The minimum atomic E-state index is -1.36. The van der Waals surface area contributed by atoms with Crippen molar-refractivity contribution >= 4 is 41.6 Å². The molecule has 0 aliphatic rings. The number of hydrogen-bond donors (Lipinski definition) is 8. The second-order valence-corrected chi connectivity index (χ2v) is 12.6. The molecular formula is C34H60N4O11. The van der Waals surface area contributed by atoms with Gasteiger partial charge in [0.1, 0.15) is 18.1 Å². The summed E-state index contributed by atoms with van der Waals surface area (Å²) in [6.45, 7) is 0.265. The van der Waals surface area contributed by atoms with Crippen LogP contribution in [0.1, 0.15) is 148 Å². The molecule has 0 spiro atoms. The molecule has 3 amide bonds. The van der Waals surface area contributed by atoms with Crippen molar-refractivity contribution < 1.29 is 54.0 Å². The second-order valence-electron chi connectivity index (χ2n) is 12.6. The Morgan fingerprint density at radius 3 is 1.22 bits per heavy atom. The van der Waals surface area contributed by atoms with E-state index in [1.165, 1.54) is 32.1 Å². The number of carbonyl (C=O) groups excluding carboxylic acids is 3. The van der Waals surface area contributed by atoms with Crippen molar-refractivity contribution in [1.82, 2.24) is 16.0 Å². The third-order valence-corrected chi connectivity index (χ3v) is 8.21. The van der Waals surface area contributed by atoms with Gasteiger partial charge in [0.15, 0.2) is 0 Å². The first-order valence-electron chi connectivity index (χ1n) is 17.8. The molecular weight excluding hydrogens is 640 g/mol. The minimum absolute atomic E-state index is 0.172. The summed E-state index contributed by atoms with van der Waals surface area (Å²) in [6.07, 6.45) is 15.4. The van der Waals surface area contributed by atoms with Crippen LogP contribution in [0.2, 0.25) is 0 Å². The molecule has 0 radical (unpaired) electrons. The second kappa shape index (κ2) is 29.2. The molecule has 0 aromatic carbocycles. The molecule has 3 atom stereocenters. The van der Waals surface area contributed by atoms with E-state index in [4.69, 9.17) is 15.9 Å². The van der Waals surface area contributed by atoms with Crippen molar-refractivity contribution in [2.45, 2.75) is 166 Å². The lowest BCUT2D eigenvalue weighted by atomic mass is 10.0. The zero-order valence-corrected chi connectivity index (χ0v) is 28.9. The summed E-state index contributed by atoms with van der Waals surface area (Å²) >= 11 is 0. The van der Waals surface area contributed by atoms with Gasteiger partial charge in [-0.3, -0.25) is 24.0 Å². The average Bonchev–Trinajstić information content (AvgIpc) is 3.03. The van der Waals surface area contributed by atoms with Gasteiger partial charge in [-0.05, 0) is 44.9 Å². The Labute approximate surface area is 289 Å². The summed E-state index contributed by atoms with van der Waals surface area (Å²) in [5, 5.41) is 43.6. The van der Waals surface area contributed by atoms with Gasteiger partial charge in [-0.1, -0.05) is 77.0 Å². The lowest BCUT2D eigenvalue weighted by Gasteiger charge is -2.17. The van der Waals surface area contributed by atoms with Crippen molar-refractivity contribution in [2.24, 2.45) is 5.73 Å². The fourth-order valence-corrected chi connectivity index (χ4v) is 5.21. The van der Waals surface area contributed by atoms with Gasteiger partial charge in [0, 0.05) is 32.2 Å². The molecule has 0 aliphatic carbocycles. The molecule has 0 unspecified atom stereocenters. The lowest BCUT2D eigenvalue weighted by molar-refractivity contribution is -0.143. The Hall–Kier alpha value is -3.75. The van der Waals surface area contributed by atoms with Crippen LogP contribution in [0, 0.1) is 0 Å². The smallest absolute Gasteiger partial charge is 0.326 e. The molecule has 0 aromatic rings. The number of nitrogens with one attached hydrogen (secondary N) is 3. The van der Waals surface area contributed by atoms with Gasteiger partial charge in [0.25, 0.3) is 0 Å². The molecule has 15 nitrogen and oxygen atoms in total. The van der Waals surface area contributed by atoms with Crippen molar-refractivity contribution in [1.29, 1.82) is 0 Å². The van der Waals surface area contributed by atoms with Crippen LogP contribution in [0.4, 0.5) is 0 Å². The van der Waals surface area contributed by atoms with Gasteiger partial charge >= 0.3 is 23.9 Å². The molecule has 0 bridgehead atoms. The minimum Gasteiger partial charge on any atom is -0.481 e. The first kappa shape index (κ1) is 45.2. The summed E-state index contributed by atoms with van der Waals surface area (Å²) in [7, 11) is 0. The average molecular weight is 701 g/mol. The number of rotatable bonds is 33. The first-order chi connectivity index (χ1) is 23.3. The Morgan fingerprint density at radius 1 is 0.429 bits per heavy atom. The van der Waals surface area contributed by atoms with Crippen LogP contribution in [0.5, 0.6) is 0 Å². The van der Waals surface area contributed by atoms with Crippen LogP contribution in [-0.4, -0.2) is 86.7 Å². The van der Waals surface area contributed by atoms with Crippen molar-refractivity contribution in [3.8, 4) is 0 Å². The molecule has 0 rings (SSSR count). The number of carbonyl (C=O) groups is 7. The highest BCUT2D eigenvalue weighted by Crippen LogP contribution is 2.14. The van der Waals surface area contributed by atoms with Crippen LogP contribution in [0.25, 0.3) is 0 Å². The van der Waals surface area contributed by atoms with E-state index in [0.717, 1.165) is 51.4 Å². The fourth-order valence-electron chi connectivity index (χ4n) is 5.21. The van der Waals surface area contributed by atoms with E-state index in [1.807, 2.05) is 0 Å². The van der Waals surface area contributed by atoms with Gasteiger partial charge in [-0.15, -0.1) is 0 Å². The summed E-state index contributed by atoms with van der Waals surface area (Å²) in [5.74, 6) is -6.04. The molecule has 0 saturated carbocycles. The number of aliphatic carboxylic acids is 4. The summed E-state index contributed by atoms with van der Waals surface area (Å²) < 4.78 is 0. The Bertz CT molecular complexity index is 1010. The molecule has 282 valence electrons. The zero-order valence-electron chi connectivity index (χ0n) is 28.9. The normalized spacial score (nSPS) is 12.8.